The number of carbonyl (C=O) groups is 1. The molecule has 1 atom stereocenters. The van der Waals surface area contributed by atoms with Crippen molar-refractivity contribution in [1.82, 2.24) is 19.9 Å². The Balaban J connectivity index is 1.58. The lowest BCUT2D eigenvalue weighted by molar-refractivity contribution is 0.0698. The Labute approximate surface area is 186 Å². The quantitative estimate of drug-likeness (QED) is 0.443. The summed E-state index contributed by atoms with van der Waals surface area (Å²) in [5, 5.41) is 16.4. The van der Waals surface area contributed by atoms with E-state index in [1.165, 1.54) is 11.1 Å². The summed E-state index contributed by atoms with van der Waals surface area (Å²) >= 11 is 0. The standard InChI is InChI=1S/C25H25N5O2/c1-15-9-16(2)11-17(10-15)23-14-27-21-6-8-30(24(21)29-23)19-3-4-20(25(31)32)22(12-19)28-18-5-7-26-13-18/h3-4,6,8-12,14,18,26,28H,5,7,13H2,1-2H3,(H,31,32)/t18-/m0/s1. The maximum atomic E-state index is 11.8. The molecule has 0 unspecified atom stereocenters. The minimum Gasteiger partial charge on any atom is -0.478 e. The highest BCUT2D eigenvalue weighted by molar-refractivity contribution is 5.95. The average molecular weight is 428 g/mol. The van der Waals surface area contributed by atoms with Crippen LogP contribution in [0.3, 0.4) is 0 Å². The monoisotopic (exact) mass is 427 g/mol. The number of rotatable bonds is 5. The molecule has 4 aromatic rings. The van der Waals surface area contributed by atoms with Gasteiger partial charge in [-0.05, 0) is 63.2 Å². The third-order valence-corrected chi connectivity index (χ3v) is 5.84. The highest BCUT2D eigenvalue weighted by Crippen LogP contribution is 2.27. The topological polar surface area (TPSA) is 92.1 Å². The van der Waals surface area contributed by atoms with Gasteiger partial charge in [0.1, 0.15) is 5.52 Å². The molecule has 2 aromatic carbocycles. The number of aromatic nitrogens is 3. The van der Waals surface area contributed by atoms with E-state index in [1.54, 1.807) is 12.3 Å². The van der Waals surface area contributed by atoms with Gasteiger partial charge in [0.15, 0.2) is 5.65 Å². The molecule has 162 valence electrons. The number of benzene rings is 2. The van der Waals surface area contributed by atoms with E-state index in [9.17, 15) is 9.90 Å². The van der Waals surface area contributed by atoms with Gasteiger partial charge >= 0.3 is 5.97 Å². The number of hydrogen-bond acceptors (Lipinski definition) is 5. The Morgan fingerprint density at radius 3 is 2.69 bits per heavy atom. The van der Waals surface area contributed by atoms with Crippen molar-refractivity contribution in [3.8, 4) is 16.9 Å². The zero-order chi connectivity index (χ0) is 22.2. The summed E-state index contributed by atoms with van der Waals surface area (Å²) < 4.78 is 1.96. The van der Waals surface area contributed by atoms with Gasteiger partial charge in [-0.3, -0.25) is 9.55 Å². The van der Waals surface area contributed by atoms with Crippen LogP contribution in [0.25, 0.3) is 28.1 Å². The molecule has 0 amide bonds. The number of hydrogen-bond donors (Lipinski definition) is 3. The van der Waals surface area contributed by atoms with Crippen molar-refractivity contribution >= 4 is 22.8 Å². The Bertz CT molecular complexity index is 1300. The zero-order valence-corrected chi connectivity index (χ0v) is 18.1. The Kier molecular flexibility index (Phi) is 5.11. The first-order valence-corrected chi connectivity index (χ1v) is 10.8. The molecular formula is C25H25N5O2. The van der Waals surface area contributed by atoms with Gasteiger partial charge in [-0.25, -0.2) is 9.78 Å². The Morgan fingerprint density at radius 1 is 1.16 bits per heavy atom. The fourth-order valence-corrected chi connectivity index (χ4v) is 4.35. The molecule has 3 N–H and O–H groups in total. The molecule has 1 aliphatic heterocycles. The molecule has 7 nitrogen and oxygen atoms in total. The molecular weight excluding hydrogens is 402 g/mol. The van der Waals surface area contributed by atoms with Gasteiger partial charge in [0, 0.05) is 30.0 Å². The lowest BCUT2D eigenvalue weighted by atomic mass is 10.1. The van der Waals surface area contributed by atoms with E-state index in [2.05, 4.69) is 47.7 Å². The molecule has 1 saturated heterocycles. The number of fused-ring (bicyclic) bond motifs is 1. The first-order valence-electron chi connectivity index (χ1n) is 10.8. The summed E-state index contributed by atoms with van der Waals surface area (Å²) in [5.74, 6) is -0.945. The molecule has 3 heterocycles. The first-order chi connectivity index (χ1) is 15.5. The Hall–Kier alpha value is -3.71. The fourth-order valence-electron chi connectivity index (χ4n) is 4.35. The lowest BCUT2D eigenvalue weighted by Crippen LogP contribution is -2.23. The molecule has 2 aromatic heterocycles. The van der Waals surface area contributed by atoms with Crippen LogP contribution < -0.4 is 10.6 Å². The summed E-state index contributed by atoms with van der Waals surface area (Å²) in [6.45, 7) is 5.90. The van der Waals surface area contributed by atoms with Crippen LogP contribution >= 0.6 is 0 Å². The lowest BCUT2D eigenvalue weighted by Gasteiger charge is -2.17. The number of aryl methyl sites for hydroxylation is 2. The smallest absolute Gasteiger partial charge is 0.337 e. The number of carboxylic acids is 1. The van der Waals surface area contributed by atoms with Gasteiger partial charge < -0.3 is 15.7 Å². The van der Waals surface area contributed by atoms with E-state index in [4.69, 9.17) is 4.98 Å². The van der Waals surface area contributed by atoms with Crippen molar-refractivity contribution in [3.05, 3.63) is 71.5 Å². The minimum absolute atomic E-state index is 0.209. The number of nitrogens with one attached hydrogen (secondary N) is 2. The predicted octanol–water partition coefficient (Wildman–Crippen LogP) is 4.18. The third kappa shape index (κ3) is 3.83. The number of nitrogens with zero attached hydrogens (tertiary/aromatic N) is 3. The molecule has 0 spiro atoms. The van der Waals surface area contributed by atoms with Crippen molar-refractivity contribution in [2.45, 2.75) is 26.3 Å². The van der Waals surface area contributed by atoms with Crippen molar-refractivity contribution in [2.75, 3.05) is 18.4 Å². The van der Waals surface area contributed by atoms with E-state index in [0.29, 0.717) is 5.69 Å². The van der Waals surface area contributed by atoms with E-state index >= 15 is 0 Å². The second kappa shape index (κ2) is 8.09. The van der Waals surface area contributed by atoms with E-state index in [0.717, 1.165) is 47.6 Å². The van der Waals surface area contributed by atoms with Gasteiger partial charge in [0.2, 0.25) is 0 Å². The van der Waals surface area contributed by atoms with Gasteiger partial charge in [-0.1, -0.05) is 17.2 Å². The van der Waals surface area contributed by atoms with Gasteiger partial charge in [-0.15, -0.1) is 0 Å². The van der Waals surface area contributed by atoms with E-state index in [1.807, 2.05) is 29.0 Å². The van der Waals surface area contributed by atoms with Crippen LogP contribution in [0.5, 0.6) is 0 Å². The molecule has 0 saturated carbocycles. The highest BCUT2D eigenvalue weighted by Gasteiger charge is 2.19. The average Bonchev–Trinajstić information content (AvgIpc) is 3.42. The summed E-state index contributed by atoms with van der Waals surface area (Å²) in [4.78, 5) is 21.3. The first kappa shape index (κ1) is 20.2. The number of carboxylic acid groups (broad SMARTS) is 1. The summed E-state index contributed by atoms with van der Waals surface area (Å²) in [5.41, 5.74) is 7.43. The SMILES string of the molecule is Cc1cc(C)cc(-c2cnc3ccn(-c4ccc(C(=O)O)c(N[C@H]5CCNC5)c4)c3n2)c1. The number of aromatic carboxylic acids is 1. The molecule has 5 rings (SSSR count). The van der Waals surface area contributed by atoms with Crippen molar-refractivity contribution < 1.29 is 9.90 Å². The van der Waals surface area contributed by atoms with Crippen LogP contribution in [0.15, 0.2) is 54.9 Å². The Morgan fingerprint density at radius 2 is 1.97 bits per heavy atom. The zero-order valence-electron chi connectivity index (χ0n) is 18.1. The predicted molar refractivity (Wildman–Crippen MR) is 126 cm³/mol. The van der Waals surface area contributed by atoms with Crippen LogP contribution in [0, 0.1) is 13.8 Å². The molecule has 1 aliphatic rings. The molecule has 0 bridgehead atoms. The second-order valence-electron chi connectivity index (χ2n) is 8.40. The number of anilines is 1. The molecule has 1 fully saturated rings. The molecule has 0 aliphatic carbocycles. The van der Waals surface area contributed by atoms with Gasteiger partial charge in [-0.2, -0.15) is 0 Å². The molecule has 0 radical (unpaired) electrons. The second-order valence-corrected chi connectivity index (χ2v) is 8.40. The van der Waals surface area contributed by atoms with Crippen LogP contribution in [0.2, 0.25) is 0 Å². The minimum atomic E-state index is -0.945. The van der Waals surface area contributed by atoms with E-state index in [-0.39, 0.29) is 11.6 Å². The fraction of sp³-hybridized carbons (Fsp3) is 0.240. The molecule has 32 heavy (non-hydrogen) atoms. The van der Waals surface area contributed by atoms with Crippen molar-refractivity contribution in [3.63, 3.8) is 0 Å². The largest absolute Gasteiger partial charge is 0.478 e. The maximum absolute atomic E-state index is 11.8. The third-order valence-electron chi connectivity index (χ3n) is 5.84. The van der Waals surface area contributed by atoms with Crippen molar-refractivity contribution in [2.24, 2.45) is 0 Å². The van der Waals surface area contributed by atoms with Crippen LogP contribution in [0.1, 0.15) is 27.9 Å². The normalized spacial score (nSPS) is 15.9. The highest BCUT2D eigenvalue weighted by atomic mass is 16.4. The van der Waals surface area contributed by atoms with Gasteiger partial charge in [0.25, 0.3) is 0 Å². The maximum Gasteiger partial charge on any atom is 0.337 e. The van der Waals surface area contributed by atoms with Crippen LogP contribution in [-0.4, -0.2) is 44.7 Å². The van der Waals surface area contributed by atoms with Crippen molar-refractivity contribution in [1.29, 1.82) is 0 Å². The molecule has 7 heteroatoms. The summed E-state index contributed by atoms with van der Waals surface area (Å²) in [6, 6.07) is 13.8. The van der Waals surface area contributed by atoms with Crippen LogP contribution in [-0.2, 0) is 0 Å². The van der Waals surface area contributed by atoms with Gasteiger partial charge in [0.05, 0.1) is 23.1 Å². The summed E-state index contributed by atoms with van der Waals surface area (Å²) in [6.07, 6.45) is 4.68. The van der Waals surface area contributed by atoms with E-state index < -0.39 is 5.97 Å². The summed E-state index contributed by atoms with van der Waals surface area (Å²) in [7, 11) is 0. The van der Waals surface area contributed by atoms with Crippen LogP contribution in [0.4, 0.5) is 5.69 Å².